The average Bonchev–Trinajstić information content (AvgIpc) is 2.40. The van der Waals surface area contributed by atoms with Crippen molar-refractivity contribution in [2.45, 2.75) is 12.5 Å². The van der Waals surface area contributed by atoms with Gasteiger partial charge >= 0.3 is 0 Å². The molecule has 2 nitrogen and oxygen atoms in total. The van der Waals surface area contributed by atoms with Crippen molar-refractivity contribution in [1.82, 2.24) is 4.90 Å². The number of hydrogen-bond donors (Lipinski definition) is 1. The van der Waals surface area contributed by atoms with Gasteiger partial charge in [-0.15, -0.1) is 0 Å². The molecule has 2 heterocycles. The van der Waals surface area contributed by atoms with Crippen molar-refractivity contribution in [2.75, 3.05) is 19.7 Å². The van der Waals surface area contributed by atoms with Crippen molar-refractivity contribution >= 4 is 0 Å². The lowest BCUT2D eigenvalue weighted by molar-refractivity contribution is 0.226. The number of hydrogen-bond acceptors (Lipinski definition) is 2. The predicted octanol–water partition coefficient (Wildman–Crippen LogP) is -0.317. The van der Waals surface area contributed by atoms with Crippen LogP contribution in [-0.4, -0.2) is 35.7 Å². The van der Waals surface area contributed by atoms with Crippen LogP contribution in [0, 0.1) is 5.92 Å². The van der Waals surface area contributed by atoms with Gasteiger partial charge in [-0.25, -0.2) is 0 Å². The van der Waals surface area contributed by atoms with Crippen molar-refractivity contribution < 1.29 is 5.11 Å². The molecule has 0 spiro atoms. The Morgan fingerprint density at radius 3 is 2.75 bits per heavy atom. The highest BCUT2D eigenvalue weighted by molar-refractivity contribution is 4.98. The van der Waals surface area contributed by atoms with Gasteiger partial charge in [-0.05, 0) is 12.3 Å². The smallest absolute Gasteiger partial charge is 0.0472 e. The van der Waals surface area contributed by atoms with Crippen molar-refractivity contribution in [3.05, 3.63) is 0 Å². The van der Waals surface area contributed by atoms with E-state index < -0.39 is 0 Å². The highest BCUT2D eigenvalue weighted by Gasteiger charge is 2.42. The predicted molar refractivity (Wildman–Crippen MR) is 30.6 cm³/mol. The molecule has 0 aliphatic carbocycles. The van der Waals surface area contributed by atoms with E-state index in [4.69, 9.17) is 5.11 Å². The summed E-state index contributed by atoms with van der Waals surface area (Å²) >= 11 is 0. The third kappa shape index (κ3) is 0.565. The molecule has 2 aliphatic rings. The maximum atomic E-state index is 8.68. The van der Waals surface area contributed by atoms with Crippen LogP contribution in [-0.2, 0) is 0 Å². The number of fused-ring (bicyclic) bond motifs is 1. The van der Waals surface area contributed by atoms with Crippen molar-refractivity contribution in [3.63, 3.8) is 0 Å². The fourth-order valence-electron chi connectivity index (χ4n) is 1.59. The summed E-state index contributed by atoms with van der Waals surface area (Å²) in [7, 11) is 0. The number of rotatable bonds is 1. The zero-order valence-corrected chi connectivity index (χ0v) is 4.88. The molecule has 0 aromatic heterocycles. The molecule has 0 bridgehead atoms. The zero-order chi connectivity index (χ0) is 5.56. The van der Waals surface area contributed by atoms with Crippen LogP contribution in [0.25, 0.3) is 0 Å². The maximum absolute atomic E-state index is 8.68. The van der Waals surface area contributed by atoms with E-state index in [1.165, 1.54) is 13.0 Å². The van der Waals surface area contributed by atoms with E-state index in [2.05, 4.69) is 4.90 Å². The average molecular weight is 113 g/mol. The van der Waals surface area contributed by atoms with Gasteiger partial charge in [0.2, 0.25) is 0 Å². The third-order valence-corrected chi connectivity index (χ3v) is 2.18. The van der Waals surface area contributed by atoms with Crippen LogP contribution in [0.3, 0.4) is 0 Å². The molecule has 1 N–H and O–H groups in total. The van der Waals surface area contributed by atoms with E-state index in [0.29, 0.717) is 12.5 Å². The Balaban J connectivity index is 1.89. The summed E-state index contributed by atoms with van der Waals surface area (Å²) in [5.41, 5.74) is 0. The summed E-state index contributed by atoms with van der Waals surface area (Å²) in [6.45, 7) is 2.85. The highest BCUT2D eigenvalue weighted by Crippen LogP contribution is 2.33. The molecule has 8 heavy (non-hydrogen) atoms. The SMILES string of the molecule is OCC1CC2CN2C1. The van der Waals surface area contributed by atoms with Crippen molar-refractivity contribution in [2.24, 2.45) is 5.92 Å². The van der Waals surface area contributed by atoms with Crippen LogP contribution in [0.4, 0.5) is 0 Å². The standard InChI is InChI=1S/C6H11NO/c8-4-5-1-6-3-7(6)2-5/h5-6,8H,1-4H2. The van der Waals surface area contributed by atoms with Gasteiger partial charge in [0.25, 0.3) is 0 Å². The van der Waals surface area contributed by atoms with Crippen molar-refractivity contribution in [1.29, 1.82) is 0 Å². The topological polar surface area (TPSA) is 23.2 Å². The molecule has 0 amide bonds. The first-order valence-electron chi connectivity index (χ1n) is 3.25. The van der Waals surface area contributed by atoms with Crippen LogP contribution in [0.5, 0.6) is 0 Å². The van der Waals surface area contributed by atoms with Gasteiger partial charge in [0.15, 0.2) is 0 Å². The Kier molecular flexibility index (Phi) is 0.866. The molecule has 3 unspecified atom stereocenters. The maximum Gasteiger partial charge on any atom is 0.0472 e. The van der Waals surface area contributed by atoms with E-state index in [9.17, 15) is 0 Å². The molecule has 3 atom stereocenters. The molecule has 46 valence electrons. The summed E-state index contributed by atoms with van der Waals surface area (Å²) in [6.07, 6.45) is 1.25. The molecule has 0 saturated carbocycles. The second-order valence-corrected chi connectivity index (χ2v) is 2.89. The minimum absolute atomic E-state index is 0.396. The van der Waals surface area contributed by atoms with E-state index >= 15 is 0 Å². The molecule has 0 aromatic rings. The number of piperidine rings is 1. The Hall–Kier alpha value is -0.0800. The molecule has 0 aromatic carbocycles. The lowest BCUT2D eigenvalue weighted by Gasteiger charge is -2.03. The molecular weight excluding hydrogens is 102 g/mol. The fourth-order valence-corrected chi connectivity index (χ4v) is 1.59. The quantitative estimate of drug-likeness (QED) is 0.471. The van der Waals surface area contributed by atoms with Crippen LogP contribution in [0.15, 0.2) is 0 Å². The fraction of sp³-hybridized carbons (Fsp3) is 1.00. The third-order valence-electron chi connectivity index (χ3n) is 2.18. The van der Waals surface area contributed by atoms with Crippen LogP contribution in [0.2, 0.25) is 0 Å². The van der Waals surface area contributed by atoms with Crippen molar-refractivity contribution in [3.8, 4) is 0 Å². The second kappa shape index (κ2) is 1.45. The minimum Gasteiger partial charge on any atom is -0.396 e. The Morgan fingerprint density at radius 1 is 1.50 bits per heavy atom. The van der Waals surface area contributed by atoms with Crippen LogP contribution in [0.1, 0.15) is 6.42 Å². The molecule has 2 saturated heterocycles. The summed E-state index contributed by atoms with van der Waals surface area (Å²) in [6, 6.07) is 0.868. The molecule has 2 heteroatoms. The lowest BCUT2D eigenvalue weighted by Crippen LogP contribution is -2.10. The highest BCUT2D eigenvalue weighted by atomic mass is 16.3. The molecule has 2 aliphatic heterocycles. The zero-order valence-electron chi connectivity index (χ0n) is 4.88. The lowest BCUT2D eigenvalue weighted by atomic mass is 10.1. The van der Waals surface area contributed by atoms with Gasteiger partial charge in [0.05, 0.1) is 0 Å². The minimum atomic E-state index is 0.396. The van der Waals surface area contributed by atoms with E-state index in [1.54, 1.807) is 0 Å². The summed E-state index contributed by atoms with van der Waals surface area (Å²) < 4.78 is 0. The molecule has 2 rings (SSSR count). The monoisotopic (exact) mass is 113 g/mol. The normalized spacial score (nSPS) is 51.4. The van der Waals surface area contributed by atoms with E-state index in [-0.39, 0.29) is 0 Å². The first-order chi connectivity index (χ1) is 3.90. The summed E-state index contributed by atoms with van der Waals surface area (Å²) in [5.74, 6) is 0.605. The van der Waals surface area contributed by atoms with Gasteiger partial charge in [0.1, 0.15) is 0 Å². The largest absolute Gasteiger partial charge is 0.396 e. The first kappa shape index (κ1) is 4.77. The Bertz CT molecular complexity index is 94.7. The van der Waals surface area contributed by atoms with Gasteiger partial charge < -0.3 is 5.11 Å². The van der Waals surface area contributed by atoms with Gasteiger partial charge in [0, 0.05) is 25.7 Å². The molecular formula is C6H11NO. The Labute approximate surface area is 49.1 Å². The second-order valence-electron chi connectivity index (χ2n) is 2.89. The Morgan fingerprint density at radius 2 is 2.38 bits per heavy atom. The first-order valence-corrected chi connectivity index (χ1v) is 3.25. The van der Waals surface area contributed by atoms with Gasteiger partial charge in [-0.3, -0.25) is 4.90 Å². The van der Waals surface area contributed by atoms with Gasteiger partial charge in [-0.1, -0.05) is 0 Å². The number of aliphatic hydroxyl groups excluding tert-OH is 1. The van der Waals surface area contributed by atoms with E-state index in [1.807, 2.05) is 0 Å². The molecule has 2 fully saturated rings. The van der Waals surface area contributed by atoms with E-state index in [0.717, 1.165) is 12.6 Å². The van der Waals surface area contributed by atoms with Gasteiger partial charge in [-0.2, -0.15) is 0 Å². The summed E-state index contributed by atoms with van der Waals surface area (Å²) in [4.78, 5) is 2.42. The molecule has 0 radical (unpaired) electrons. The number of aliphatic hydroxyl groups is 1. The summed E-state index contributed by atoms with van der Waals surface area (Å²) in [5, 5.41) is 8.68. The number of nitrogens with zero attached hydrogens (tertiary/aromatic N) is 1. The van der Waals surface area contributed by atoms with Crippen LogP contribution >= 0.6 is 0 Å². The van der Waals surface area contributed by atoms with Crippen LogP contribution < -0.4 is 0 Å².